The monoisotopic (exact) mass is 279 g/mol. The highest BCUT2D eigenvalue weighted by molar-refractivity contribution is 5.87. The molecule has 1 aromatic carbocycles. The average Bonchev–Trinajstić information content (AvgIpc) is 2.94. The van der Waals surface area contributed by atoms with Gasteiger partial charge < -0.3 is 5.11 Å². The minimum Gasteiger partial charge on any atom is -0.476 e. The molecule has 104 valence electrons. The van der Waals surface area contributed by atoms with Crippen LogP contribution in [0.3, 0.4) is 0 Å². The minimum atomic E-state index is -1.06. The number of nitrogens with zero attached hydrogens (tertiary/aromatic N) is 3. The number of rotatable bonds is 3. The van der Waals surface area contributed by atoms with Gasteiger partial charge in [-0.2, -0.15) is 5.10 Å². The Labute approximate surface area is 121 Å². The van der Waals surface area contributed by atoms with Gasteiger partial charge in [-0.15, -0.1) is 0 Å². The largest absolute Gasteiger partial charge is 0.476 e. The molecular formula is C16H13N3O2. The molecule has 0 aliphatic rings. The molecule has 0 spiro atoms. The van der Waals surface area contributed by atoms with E-state index < -0.39 is 5.97 Å². The van der Waals surface area contributed by atoms with Crippen LogP contribution in [0.5, 0.6) is 0 Å². The Kier molecular flexibility index (Phi) is 3.23. The van der Waals surface area contributed by atoms with Crippen molar-refractivity contribution in [1.82, 2.24) is 14.8 Å². The fourth-order valence-corrected chi connectivity index (χ4v) is 2.06. The van der Waals surface area contributed by atoms with Crippen LogP contribution in [-0.4, -0.2) is 25.8 Å². The number of aryl methyl sites for hydroxylation is 1. The second-order valence-corrected chi connectivity index (χ2v) is 4.69. The molecule has 5 heteroatoms. The summed E-state index contributed by atoms with van der Waals surface area (Å²) in [6.07, 6.45) is 1.73. The first-order valence-electron chi connectivity index (χ1n) is 6.47. The molecule has 5 nitrogen and oxygen atoms in total. The Bertz CT molecular complexity index is 777. The van der Waals surface area contributed by atoms with Gasteiger partial charge in [-0.05, 0) is 24.6 Å². The molecule has 21 heavy (non-hydrogen) atoms. The number of hydrogen-bond acceptors (Lipinski definition) is 3. The van der Waals surface area contributed by atoms with Crippen LogP contribution in [0, 0.1) is 6.92 Å². The van der Waals surface area contributed by atoms with Crippen molar-refractivity contribution in [1.29, 1.82) is 0 Å². The highest BCUT2D eigenvalue weighted by Crippen LogP contribution is 2.23. The Hall–Kier alpha value is -2.95. The van der Waals surface area contributed by atoms with E-state index in [0.29, 0.717) is 11.5 Å². The standard InChI is InChI=1S/C16H13N3O2/c1-11-7-8-15(17-10-11)19-14(9-13(18-19)16(20)21)12-5-3-2-4-6-12/h2-10H,1H3,(H,20,21). The smallest absolute Gasteiger partial charge is 0.356 e. The van der Waals surface area contributed by atoms with E-state index in [-0.39, 0.29) is 5.69 Å². The maximum atomic E-state index is 11.2. The molecule has 3 rings (SSSR count). The van der Waals surface area contributed by atoms with Gasteiger partial charge in [-0.1, -0.05) is 36.4 Å². The van der Waals surface area contributed by atoms with E-state index in [9.17, 15) is 4.79 Å². The van der Waals surface area contributed by atoms with Crippen LogP contribution >= 0.6 is 0 Å². The maximum Gasteiger partial charge on any atom is 0.356 e. The third-order valence-electron chi connectivity index (χ3n) is 3.11. The van der Waals surface area contributed by atoms with Gasteiger partial charge in [0.2, 0.25) is 0 Å². The number of aromatic nitrogens is 3. The van der Waals surface area contributed by atoms with E-state index in [1.165, 1.54) is 0 Å². The van der Waals surface area contributed by atoms with Crippen molar-refractivity contribution < 1.29 is 9.90 Å². The summed E-state index contributed by atoms with van der Waals surface area (Å²) in [5, 5.41) is 13.3. The molecule has 2 heterocycles. The summed E-state index contributed by atoms with van der Waals surface area (Å²) in [6, 6.07) is 14.8. The van der Waals surface area contributed by atoms with Gasteiger partial charge in [0.1, 0.15) is 0 Å². The number of carboxylic acids is 1. The van der Waals surface area contributed by atoms with Crippen molar-refractivity contribution in [2.24, 2.45) is 0 Å². The van der Waals surface area contributed by atoms with Gasteiger partial charge in [0.15, 0.2) is 11.5 Å². The Balaban J connectivity index is 2.19. The van der Waals surface area contributed by atoms with Gasteiger partial charge in [0.25, 0.3) is 0 Å². The van der Waals surface area contributed by atoms with Gasteiger partial charge in [-0.25, -0.2) is 14.5 Å². The van der Waals surface area contributed by atoms with Crippen LogP contribution < -0.4 is 0 Å². The highest BCUT2D eigenvalue weighted by atomic mass is 16.4. The molecule has 0 saturated heterocycles. The van der Waals surface area contributed by atoms with E-state index >= 15 is 0 Å². The molecule has 0 atom stereocenters. The zero-order valence-corrected chi connectivity index (χ0v) is 11.4. The van der Waals surface area contributed by atoms with Gasteiger partial charge in [-0.3, -0.25) is 0 Å². The molecule has 0 radical (unpaired) electrons. The zero-order valence-electron chi connectivity index (χ0n) is 11.4. The van der Waals surface area contributed by atoms with Crippen molar-refractivity contribution in [2.45, 2.75) is 6.92 Å². The predicted octanol–water partition coefficient (Wildman–Crippen LogP) is 2.94. The van der Waals surface area contributed by atoms with Gasteiger partial charge >= 0.3 is 5.97 Å². The first-order valence-corrected chi connectivity index (χ1v) is 6.47. The molecule has 0 bridgehead atoms. The van der Waals surface area contributed by atoms with Crippen LogP contribution in [0.15, 0.2) is 54.7 Å². The summed E-state index contributed by atoms with van der Waals surface area (Å²) < 4.78 is 1.55. The minimum absolute atomic E-state index is 0.00349. The fraction of sp³-hybridized carbons (Fsp3) is 0.0625. The van der Waals surface area contributed by atoms with E-state index in [1.54, 1.807) is 16.9 Å². The topological polar surface area (TPSA) is 68.0 Å². The van der Waals surface area contributed by atoms with Crippen molar-refractivity contribution in [3.05, 3.63) is 66.0 Å². The van der Waals surface area contributed by atoms with Crippen LogP contribution in [0.25, 0.3) is 17.1 Å². The molecule has 0 aliphatic heterocycles. The lowest BCUT2D eigenvalue weighted by Gasteiger charge is -2.06. The van der Waals surface area contributed by atoms with Crippen LogP contribution in [0.1, 0.15) is 16.1 Å². The quantitative estimate of drug-likeness (QED) is 0.800. The normalized spacial score (nSPS) is 10.5. The Morgan fingerprint density at radius 1 is 1.14 bits per heavy atom. The molecule has 0 fully saturated rings. The number of carboxylic acid groups (broad SMARTS) is 1. The van der Waals surface area contributed by atoms with E-state index in [1.807, 2.05) is 49.4 Å². The van der Waals surface area contributed by atoms with Crippen molar-refractivity contribution in [3.8, 4) is 17.1 Å². The lowest BCUT2D eigenvalue weighted by molar-refractivity contribution is 0.0690. The lowest BCUT2D eigenvalue weighted by Crippen LogP contribution is -2.04. The first-order chi connectivity index (χ1) is 10.1. The molecule has 0 aliphatic carbocycles. The van der Waals surface area contributed by atoms with Crippen LogP contribution in [0.4, 0.5) is 0 Å². The number of pyridine rings is 1. The predicted molar refractivity (Wildman–Crippen MR) is 78.5 cm³/mol. The second-order valence-electron chi connectivity index (χ2n) is 4.69. The van der Waals surface area contributed by atoms with Crippen molar-refractivity contribution >= 4 is 5.97 Å². The molecule has 2 aromatic heterocycles. The van der Waals surface area contributed by atoms with E-state index in [4.69, 9.17) is 5.11 Å². The second kappa shape index (κ2) is 5.20. The number of aromatic carboxylic acids is 1. The van der Waals surface area contributed by atoms with Gasteiger partial charge in [0, 0.05) is 11.8 Å². The molecule has 0 amide bonds. The average molecular weight is 279 g/mol. The SMILES string of the molecule is Cc1ccc(-n2nc(C(=O)O)cc2-c2ccccc2)nc1. The third-order valence-corrected chi connectivity index (χ3v) is 3.11. The fourth-order valence-electron chi connectivity index (χ4n) is 2.06. The zero-order chi connectivity index (χ0) is 14.8. The van der Waals surface area contributed by atoms with Crippen molar-refractivity contribution in [2.75, 3.05) is 0 Å². The molecule has 1 N–H and O–H groups in total. The number of carbonyl (C=O) groups is 1. The molecular weight excluding hydrogens is 266 g/mol. The molecule has 0 saturated carbocycles. The summed E-state index contributed by atoms with van der Waals surface area (Å²) >= 11 is 0. The lowest BCUT2D eigenvalue weighted by atomic mass is 10.1. The van der Waals surface area contributed by atoms with Gasteiger partial charge in [0.05, 0.1) is 5.69 Å². The number of hydrogen-bond donors (Lipinski definition) is 1. The summed E-state index contributed by atoms with van der Waals surface area (Å²) in [7, 11) is 0. The first kappa shape index (κ1) is 13.1. The molecule has 3 aromatic rings. The molecule has 0 unspecified atom stereocenters. The summed E-state index contributed by atoms with van der Waals surface area (Å²) in [5.41, 5.74) is 2.62. The third kappa shape index (κ3) is 2.53. The number of benzene rings is 1. The summed E-state index contributed by atoms with van der Waals surface area (Å²) in [6.45, 7) is 1.95. The highest BCUT2D eigenvalue weighted by Gasteiger charge is 2.16. The van der Waals surface area contributed by atoms with Crippen molar-refractivity contribution in [3.63, 3.8) is 0 Å². The van der Waals surface area contributed by atoms with Crippen LogP contribution in [-0.2, 0) is 0 Å². The maximum absolute atomic E-state index is 11.2. The summed E-state index contributed by atoms with van der Waals surface area (Å²) in [4.78, 5) is 15.5. The van der Waals surface area contributed by atoms with Crippen LogP contribution in [0.2, 0.25) is 0 Å². The summed E-state index contributed by atoms with van der Waals surface area (Å²) in [5.74, 6) is -0.468. The Morgan fingerprint density at radius 2 is 1.90 bits per heavy atom. The van der Waals surface area contributed by atoms with E-state index in [2.05, 4.69) is 10.1 Å². The Morgan fingerprint density at radius 3 is 2.52 bits per heavy atom. The van der Waals surface area contributed by atoms with E-state index in [0.717, 1.165) is 11.1 Å².